The first-order valence-corrected chi connectivity index (χ1v) is 10.4. The summed E-state index contributed by atoms with van der Waals surface area (Å²) in [5.41, 5.74) is 2.27. The zero-order valence-electron chi connectivity index (χ0n) is 15.7. The quantitative estimate of drug-likeness (QED) is 0.482. The van der Waals surface area contributed by atoms with Crippen LogP contribution < -0.4 is 5.32 Å². The average molecular weight is 420 g/mol. The maximum atomic E-state index is 12.3. The predicted molar refractivity (Wildman–Crippen MR) is 113 cm³/mol. The number of halogens is 1. The number of aryl methyl sites for hydroxylation is 1. The van der Waals surface area contributed by atoms with Crippen molar-refractivity contribution in [1.82, 2.24) is 0 Å². The molecule has 0 saturated heterocycles. The molecule has 0 heterocycles. The second-order valence-corrected chi connectivity index (χ2v) is 7.52. The Morgan fingerprint density at radius 1 is 1.04 bits per heavy atom. The smallest absolute Gasteiger partial charge is 0.316 e. The summed E-state index contributed by atoms with van der Waals surface area (Å²) in [6, 6.07) is 14.0. The molecule has 0 aliphatic heterocycles. The molecule has 0 fully saturated rings. The fourth-order valence-electron chi connectivity index (χ4n) is 2.38. The molecule has 5 nitrogen and oxygen atoms in total. The van der Waals surface area contributed by atoms with E-state index in [1.54, 1.807) is 43.3 Å². The molecule has 2 rings (SSSR count). The Bertz CT molecular complexity index is 821. The van der Waals surface area contributed by atoms with E-state index in [2.05, 4.69) is 5.32 Å². The van der Waals surface area contributed by atoms with Crippen molar-refractivity contribution in [2.24, 2.45) is 0 Å². The van der Waals surface area contributed by atoms with Crippen molar-refractivity contribution in [2.45, 2.75) is 26.4 Å². The van der Waals surface area contributed by atoms with E-state index in [1.165, 1.54) is 0 Å². The van der Waals surface area contributed by atoms with Gasteiger partial charge in [0.1, 0.15) is 0 Å². The Balaban J connectivity index is 1.72. The number of benzene rings is 2. The number of Topliss-reactive ketones (excluding diaryl/α,β-unsaturated/α-hetero) is 1. The fourth-order valence-corrected chi connectivity index (χ4v) is 3.10. The second kappa shape index (κ2) is 10.9. The molecular weight excluding hydrogens is 398 g/mol. The van der Waals surface area contributed by atoms with Crippen LogP contribution in [0.2, 0.25) is 5.02 Å². The number of ether oxygens (including phenoxy) is 1. The van der Waals surface area contributed by atoms with Crippen molar-refractivity contribution >= 4 is 46.7 Å². The lowest BCUT2D eigenvalue weighted by molar-refractivity contribution is -0.143. The molecule has 2 aromatic rings. The van der Waals surface area contributed by atoms with E-state index in [4.69, 9.17) is 16.3 Å². The number of carbonyl (C=O) groups excluding carboxylic acids is 3. The summed E-state index contributed by atoms with van der Waals surface area (Å²) in [6.07, 6.45) is 0.0189. The Labute approximate surface area is 173 Å². The van der Waals surface area contributed by atoms with Crippen molar-refractivity contribution in [3.63, 3.8) is 0 Å². The molecule has 0 unspecified atom stereocenters. The fraction of sp³-hybridized carbons (Fsp3) is 0.286. The monoisotopic (exact) mass is 419 g/mol. The summed E-state index contributed by atoms with van der Waals surface area (Å²) in [7, 11) is 0. The Morgan fingerprint density at radius 2 is 1.68 bits per heavy atom. The van der Waals surface area contributed by atoms with Gasteiger partial charge < -0.3 is 10.1 Å². The number of rotatable bonds is 9. The molecule has 0 bridgehead atoms. The Kier molecular flexibility index (Phi) is 8.54. The zero-order valence-corrected chi connectivity index (χ0v) is 17.3. The standard InChI is InChI=1S/C21H22ClNO4S/c1-3-15-4-6-16(7-5-15)21(26)14(2)27-20(25)13-28-12-19(24)23-18-10-8-17(22)9-11-18/h4-11,14H,3,12-13H2,1-2H3,(H,23,24)/t14-/m0/s1. The van der Waals surface area contributed by atoms with E-state index in [-0.39, 0.29) is 23.2 Å². The van der Waals surface area contributed by atoms with Crippen molar-refractivity contribution in [2.75, 3.05) is 16.8 Å². The van der Waals surface area contributed by atoms with Crippen molar-refractivity contribution in [3.8, 4) is 0 Å². The van der Waals surface area contributed by atoms with Gasteiger partial charge in [0.25, 0.3) is 0 Å². The van der Waals surface area contributed by atoms with Gasteiger partial charge in [0.05, 0.1) is 11.5 Å². The van der Waals surface area contributed by atoms with Gasteiger partial charge in [0, 0.05) is 16.3 Å². The lowest BCUT2D eigenvalue weighted by Gasteiger charge is -2.12. The van der Waals surface area contributed by atoms with Crippen molar-refractivity contribution in [1.29, 1.82) is 0 Å². The summed E-state index contributed by atoms with van der Waals surface area (Å²) in [4.78, 5) is 36.1. The number of amides is 1. The average Bonchev–Trinajstić information content (AvgIpc) is 2.69. The third kappa shape index (κ3) is 7.02. The lowest BCUT2D eigenvalue weighted by atomic mass is 10.0. The van der Waals surface area contributed by atoms with Gasteiger partial charge in [-0.05, 0) is 43.2 Å². The van der Waals surface area contributed by atoms with Gasteiger partial charge in [-0.1, -0.05) is 42.8 Å². The van der Waals surface area contributed by atoms with Crippen LogP contribution in [0.4, 0.5) is 5.69 Å². The molecule has 2 aromatic carbocycles. The van der Waals surface area contributed by atoms with Gasteiger partial charge in [-0.25, -0.2) is 0 Å². The third-order valence-electron chi connectivity index (χ3n) is 3.91. The number of anilines is 1. The summed E-state index contributed by atoms with van der Waals surface area (Å²) in [5.74, 6) is -0.934. The van der Waals surface area contributed by atoms with E-state index in [9.17, 15) is 14.4 Å². The molecule has 1 amide bonds. The number of nitrogens with one attached hydrogen (secondary N) is 1. The highest BCUT2D eigenvalue weighted by molar-refractivity contribution is 8.00. The minimum Gasteiger partial charge on any atom is -0.454 e. The van der Waals surface area contributed by atoms with E-state index in [0.717, 1.165) is 23.7 Å². The van der Waals surface area contributed by atoms with Crippen LogP contribution in [-0.2, 0) is 20.7 Å². The second-order valence-electron chi connectivity index (χ2n) is 6.09. The third-order valence-corrected chi connectivity index (χ3v) is 5.06. The number of thioether (sulfide) groups is 1. The normalized spacial score (nSPS) is 11.5. The first kappa shape index (κ1) is 22.0. The molecule has 0 aliphatic rings. The lowest BCUT2D eigenvalue weighted by Crippen LogP contribution is -2.25. The van der Waals surface area contributed by atoms with Crippen LogP contribution in [-0.4, -0.2) is 35.3 Å². The number of hydrogen-bond acceptors (Lipinski definition) is 5. The van der Waals surface area contributed by atoms with Gasteiger partial charge in [-0.2, -0.15) is 0 Å². The van der Waals surface area contributed by atoms with Gasteiger partial charge >= 0.3 is 5.97 Å². The number of hydrogen-bond donors (Lipinski definition) is 1. The molecule has 0 radical (unpaired) electrons. The number of ketones is 1. The molecule has 0 aliphatic carbocycles. The van der Waals surface area contributed by atoms with E-state index in [0.29, 0.717) is 16.3 Å². The van der Waals surface area contributed by atoms with E-state index >= 15 is 0 Å². The molecule has 0 spiro atoms. The molecule has 0 aromatic heterocycles. The Morgan fingerprint density at radius 3 is 2.29 bits per heavy atom. The van der Waals surface area contributed by atoms with Crippen LogP contribution in [0.15, 0.2) is 48.5 Å². The van der Waals surface area contributed by atoms with Crippen molar-refractivity contribution in [3.05, 3.63) is 64.7 Å². The first-order chi connectivity index (χ1) is 13.4. The summed E-state index contributed by atoms with van der Waals surface area (Å²) in [6.45, 7) is 3.58. The van der Waals surface area contributed by atoms with Gasteiger partial charge in [0.2, 0.25) is 11.7 Å². The van der Waals surface area contributed by atoms with Crippen LogP contribution in [0.3, 0.4) is 0 Å². The largest absolute Gasteiger partial charge is 0.454 e. The van der Waals surface area contributed by atoms with Gasteiger partial charge in [-0.3, -0.25) is 14.4 Å². The van der Waals surface area contributed by atoms with Crippen LogP contribution in [0.25, 0.3) is 0 Å². The molecule has 1 atom stereocenters. The van der Waals surface area contributed by atoms with Crippen molar-refractivity contribution < 1.29 is 19.1 Å². The summed E-state index contributed by atoms with van der Waals surface area (Å²) < 4.78 is 5.18. The van der Waals surface area contributed by atoms with E-state index < -0.39 is 12.1 Å². The van der Waals surface area contributed by atoms with E-state index in [1.807, 2.05) is 19.1 Å². The van der Waals surface area contributed by atoms with Crippen LogP contribution in [0.5, 0.6) is 0 Å². The van der Waals surface area contributed by atoms with Crippen LogP contribution >= 0.6 is 23.4 Å². The first-order valence-electron chi connectivity index (χ1n) is 8.85. The van der Waals surface area contributed by atoms with Crippen LogP contribution in [0.1, 0.15) is 29.8 Å². The van der Waals surface area contributed by atoms with Crippen LogP contribution in [0, 0.1) is 0 Å². The molecule has 28 heavy (non-hydrogen) atoms. The highest BCUT2D eigenvalue weighted by Gasteiger charge is 2.19. The highest BCUT2D eigenvalue weighted by atomic mass is 35.5. The molecule has 0 saturated carbocycles. The van der Waals surface area contributed by atoms with Gasteiger partial charge in [-0.15, -0.1) is 11.8 Å². The highest BCUT2D eigenvalue weighted by Crippen LogP contribution is 2.14. The molecule has 7 heteroatoms. The minimum absolute atomic E-state index is 0.0135. The predicted octanol–water partition coefficient (Wildman–Crippen LogP) is 4.39. The summed E-state index contributed by atoms with van der Waals surface area (Å²) in [5, 5.41) is 3.29. The molecular formula is C21H22ClNO4S. The zero-order chi connectivity index (χ0) is 20.5. The number of esters is 1. The van der Waals surface area contributed by atoms with Gasteiger partial charge in [0.15, 0.2) is 6.10 Å². The SMILES string of the molecule is CCc1ccc(C(=O)[C@H](C)OC(=O)CSCC(=O)Nc2ccc(Cl)cc2)cc1. The topological polar surface area (TPSA) is 72.5 Å². The minimum atomic E-state index is -0.872. The maximum absolute atomic E-state index is 12.3. The Hall–Kier alpha value is -2.31. The maximum Gasteiger partial charge on any atom is 0.316 e. The molecule has 1 N–H and O–H groups in total. The number of carbonyl (C=O) groups is 3. The summed E-state index contributed by atoms with van der Waals surface area (Å²) >= 11 is 6.91. The molecule has 148 valence electrons.